The van der Waals surface area contributed by atoms with Crippen molar-refractivity contribution in [3.05, 3.63) is 65.0 Å². The van der Waals surface area contributed by atoms with E-state index in [1.807, 2.05) is 0 Å². The lowest BCUT2D eigenvalue weighted by molar-refractivity contribution is 0.0595. The van der Waals surface area contributed by atoms with Crippen LogP contribution in [0.3, 0.4) is 0 Å². The topological polar surface area (TPSA) is 38.3 Å². The number of nitrogens with one attached hydrogen (secondary N) is 1. The Labute approximate surface area is 119 Å². The number of esters is 1. The average molecular weight is 295 g/mol. The van der Waals surface area contributed by atoms with Gasteiger partial charge in [0, 0.05) is 12.6 Å². The minimum atomic E-state index is -1.00. The Bertz CT molecular complexity index is 674. The van der Waals surface area contributed by atoms with Gasteiger partial charge in [-0.15, -0.1) is 0 Å². The van der Waals surface area contributed by atoms with Crippen molar-refractivity contribution in [2.24, 2.45) is 0 Å². The van der Waals surface area contributed by atoms with E-state index in [1.54, 1.807) is 6.07 Å². The van der Waals surface area contributed by atoms with E-state index in [4.69, 9.17) is 0 Å². The van der Waals surface area contributed by atoms with E-state index in [2.05, 4.69) is 10.1 Å². The van der Waals surface area contributed by atoms with Gasteiger partial charge in [-0.3, -0.25) is 0 Å². The van der Waals surface area contributed by atoms with Crippen LogP contribution in [0, 0.1) is 17.5 Å². The molecule has 0 saturated heterocycles. The monoisotopic (exact) mass is 295 g/mol. The second-order valence-electron chi connectivity index (χ2n) is 4.29. The summed E-state index contributed by atoms with van der Waals surface area (Å²) in [5.74, 6) is -3.17. The number of methoxy groups -OCH3 is 1. The summed E-state index contributed by atoms with van der Waals surface area (Å²) < 4.78 is 44.6. The van der Waals surface area contributed by atoms with E-state index in [0.717, 1.165) is 13.2 Å². The van der Waals surface area contributed by atoms with Crippen LogP contribution in [0.15, 0.2) is 36.4 Å². The SMILES string of the molecule is COC(=O)c1cc(NCc2cccc(F)c2)c(F)cc1F. The molecule has 0 aromatic heterocycles. The number of carbonyl (C=O) groups is 1. The van der Waals surface area contributed by atoms with E-state index in [1.165, 1.54) is 18.2 Å². The van der Waals surface area contributed by atoms with Crippen molar-refractivity contribution in [2.45, 2.75) is 6.54 Å². The average Bonchev–Trinajstić information content (AvgIpc) is 2.45. The number of anilines is 1. The molecule has 0 aliphatic heterocycles. The van der Waals surface area contributed by atoms with Crippen LogP contribution in [-0.4, -0.2) is 13.1 Å². The molecule has 110 valence electrons. The minimum Gasteiger partial charge on any atom is -0.465 e. The van der Waals surface area contributed by atoms with Gasteiger partial charge >= 0.3 is 5.97 Å². The van der Waals surface area contributed by atoms with Crippen molar-refractivity contribution in [2.75, 3.05) is 12.4 Å². The van der Waals surface area contributed by atoms with Crippen LogP contribution in [-0.2, 0) is 11.3 Å². The molecule has 1 N–H and O–H groups in total. The van der Waals surface area contributed by atoms with Crippen LogP contribution >= 0.6 is 0 Å². The summed E-state index contributed by atoms with van der Waals surface area (Å²) in [5.41, 5.74) is 0.139. The number of halogens is 3. The molecule has 0 spiro atoms. The highest BCUT2D eigenvalue weighted by Crippen LogP contribution is 2.21. The number of hydrogen-bond donors (Lipinski definition) is 1. The predicted octanol–water partition coefficient (Wildman–Crippen LogP) is 3.50. The molecule has 2 aromatic rings. The molecule has 0 unspecified atom stereocenters. The quantitative estimate of drug-likeness (QED) is 0.877. The standard InChI is InChI=1S/C15H12F3NO2/c1-21-15(20)11-6-14(13(18)7-12(11)17)19-8-9-3-2-4-10(16)5-9/h2-7,19H,8H2,1H3. The molecule has 3 nitrogen and oxygen atoms in total. The van der Waals surface area contributed by atoms with Crippen molar-refractivity contribution < 1.29 is 22.7 Å². The molecule has 0 bridgehead atoms. The Kier molecular flexibility index (Phi) is 4.47. The van der Waals surface area contributed by atoms with Crippen LogP contribution in [0.1, 0.15) is 15.9 Å². The molecule has 0 heterocycles. The van der Waals surface area contributed by atoms with Crippen molar-refractivity contribution in [1.29, 1.82) is 0 Å². The Balaban J connectivity index is 2.21. The first-order chi connectivity index (χ1) is 10.0. The lowest BCUT2D eigenvalue weighted by Crippen LogP contribution is -2.08. The van der Waals surface area contributed by atoms with Crippen LogP contribution < -0.4 is 5.32 Å². The summed E-state index contributed by atoms with van der Waals surface area (Å²) in [7, 11) is 1.10. The van der Waals surface area contributed by atoms with E-state index < -0.39 is 23.4 Å². The number of benzene rings is 2. The first-order valence-electron chi connectivity index (χ1n) is 6.07. The molecule has 0 amide bonds. The number of carbonyl (C=O) groups excluding carboxylic acids is 1. The summed E-state index contributed by atoms with van der Waals surface area (Å²) in [6, 6.07) is 7.37. The van der Waals surface area contributed by atoms with E-state index in [0.29, 0.717) is 11.6 Å². The molecule has 6 heteroatoms. The molecule has 0 radical (unpaired) electrons. The maximum Gasteiger partial charge on any atom is 0.340 e. The first kappa shape index (κ1) is 14.9. The molecular formula is C15H12F3NO2. The maximum absolute atomic E-state index is 13.7. The lowest BCUT2D eigenvalue weighted by Gasteiger charge is -2.10. The molecule has 0 saturated carbocycles. The van der Waals surface area contributed by atoms with Gasteiger partial charge < -0.3 is 10.1 Å². The molecule has 0 atom stereocenters. The van der Waals surface area contributed by atoms with Crippen LogP contribution in [0.4, 0.5) is 18.9 Å². The van der Waals surface area contributed by atoms with Gasteiger partial charge in [-0.25, -0.2) is 18.0 Å². The fourth-order valence-corrected chi connectivity index (χ4v) is 1.80. The molecule has 0 aliphatic carbocycles. The van der Waals surface area contributed by atoms with Gasteiger partial charge in [0.2, 0.25) is 0 Å². The smallest absolute Gasteiger partial charge is 0.340 e. The molecular weight excluding hydrogens is 283 g/mol. The third-order valence-corrected chi connectivity index (χ3v) is 2.83. The van der Waals surface area contributed by atoms with Gasteiger partial charge in [0.15, 0.2) is 0 Å². The van der Waals surface area contributed by atoms with Crippen LogP contribution in [0.5, 0.6) is 0 Å². The highest BCUT2D eigenvalue weighted by Gasteiger charge is 2.16. The maximum atomic E-state index is 13.7. The lowest BCUT2D eigenvalue weighted by atomic mass is 10.1. The Hall–Kier alpha value is -2.50. The summed E-state index contributed by atoms with van der Waals surface area (Å²) in [5, 5.41) is 2.69. The van der Waals surface area contributed by atoms with Gasteiger partial charge in [0.05, 0.1) is 18.4 Å². The highest BCUT2D eigenvalue weighted by atomic mass is 19.1. The fourth-order valence-electron chi connectivity index (χ4n) is 1.80. The predicted molar refractivity (Wildman–Crippen MR) is 71.4 cm³/mol. The van der Waals surface area contributed by atoms with Crippen molar-refractivity contribution >= 4 is 11.7 Å². The Morgan fingerprint density at radius 3 is 2.57 bits per heavy atom. The summed E-state index contributed by atoms with van der Waals surface area (Å²) >= 11 is 0. The van der Waals surface area contributed by atoms with Gasteiger partial charge in [0.25, 0.3) is 0 Å². The van der Waals surface area contributed by atoms with Crippen LogP contribution in [0.25, 0.3) is 0 Å². The third-order valence-electron chi connectivity index (χ3n) is 2.83. The van der Waals surface area contributed by atoms with Gasteiger partial charge in [-0.05, 0) is 23.8 Å². The fraction of sp³-hybridized carbons (Fsp3) is 0.133. The molecule has 0 fully saturated rings. The first-order valence-corrected chi connectivity index (χ1v) is 6.07. The zero-order valence-corrected chi connectivity index (χ0v) is 11.1. The van der Waals surface area contributed by atoms with Crippen molar-refractivity contribution in [3.63, 3.8) is 0 Å². The minimum absolute atomic E-state index is 0.0685. The number of hydrogen-bond acceptors (Lipinski definition) is 3. The largest absolute Gasteiger partial charge is 0.465 e. The number of ether oxygens (including phenoxy) is 1. The molecule has 2 aromatic carbocycles. The van der Waals surface area contributed by atoms with Gasteiger partial charge in [-0.2, -0.15) is 0 Å². The van der Waals surface area contributed by atoms with Gasteiger partial charge in [0.1, 0.15) is 17.5 Å². The van der Waals surface area contributed by atoms with Gasteiger partial charge in [-0.1, -0.05) is 12.1 Å². The summed E-state index contributed by atoms with van der Waals surface area (Å²) in [4.78, 5) is 11.4. The normalized spacial score (nSPS) is 10.3. The Morgan fingerprint density at radius 2 is 1.90 bits per heavy atom. The van der Waals surface area contributed by atoms with E-state index in [9.17, 15) is 18.0 Å². The highest BCUT2D eigenvalue weighted by molar-refractivity contribution is 5.90. The van der Waals surface area contributed by atoms with Crippen LogP contribution in [0.2, 0.25) is 0 Å². The molecule has 0 aliphatic rings. The molecule has 21 heavy (non-hydrogen) atoms. The second-order valence-corrected chi connectivity index (χ2v) is 4.29. The van der Waals surface area contributed by atoms with E-state index in [-0.39, 0.29) is 17.8 Å². The molecule has 2 rings (SSSR count). The summed E-state index contributed by atoms with van der Waals surface area (Å²) in [6.07, 6.45) is 0. The van der Waals surface area contributed by atoms with Crippen molar-refractivity contribution in [3.8, 4) is 0 Å². The number of rotatable bonds is 4. The van der Waals surface area contributed by atoms with Crippen molar-refractivity contribution in [1.82, 2.24) is 0 Å². The van der Waals surface area contributed by atoms with E-state index >= 15 is 0 Å². The Morgan fingerprint density at radius 1 is 1.14 bits per heavy atom. The second kappa shape index (κ2) is 6.30. The zero-order chi connectivity index (χ0) is 15.4. The summed E-state index contributed by atoms with van der Waals surface area (Å²) in [6.45, 7) is 0.126. The zero-order valence-electron chi connectivity index (χ0n) is 11.1. The third kappa shape index (κ3) is 3.53.